The number of rotatable bonds is 4. The number of benzene rings is 2. The number of para-hydroxylation sites is 2. The van der Waals surface area contributed by atoms with E-state index < -0.39 is 4.92 Å². The Labute approximate surface area is 131 Å². The van der Waals surface area contributed by atoms with Gasteiger partial charge in [-0.25, -0.2) is 0 Å². The van der Waals surface area contributed by atoms with Gasteiger partial charge >= 0.3 is 0 Å². The molecule has 7 heteroatoms. The van der Waals surface area contributed by atoms with Crippen LogP contribution in [0.25, 0.3) is 11.1 Å². The maximum absolute atomic E-state index is 10.9. The van der Waals surface area contributed by atoms with Gasteiger partial charge in [-0.05, 0) is 23.8 Å². The first-order valence-electron chi connectivity index (χ1n) is 6.54. The summed E-state index contributed by atoms with van der Waals surface area (Å²) in [4.78, 5) is 16.5. The highest BCUT2D eigenvalue weighted by atomic mass is 35.5. The van der Waals surface area contributed by atoms with Crippen LogP contribution in [0.2, 0.25) is 5.02 Å². The zero-order chi connectivity index (χ0) is 15.7. The van der Waals surface area contributed by atoms with E-state index in [1.165, 1.54) is 18.2 Å². The zero-order valence-corrected chi connectivity index (χ0v) is 12.4. The number of aromatic nitrogens is 1. The topological polar surface area (TPSA) is 72.4 Å². The SMILES string of the molecule is CN(Cc1cc([N+](=O)[O-])ccc1Cl)c1nc2ccccc2o1. The van der Waals surface area contributed by atoms with Gasteiger partial charge in [-0.1, -0.05) is 23.7 Å². The van der Waals surface area contributed by atoms with Crippen molar-refractivity contribution in [2.75, 3.05) is 11.9 Å². The minimum Gasteiger partial charge on any atom is -0.423 e. The lowest BCUT2D eigenvalue weighted by atomic mass is 10.2. The number of oxazole rings is 1. The molecule has 0 fully saturated rings. The number of anilines is 1. The highest BCUT2D eigenvalue weighted by Gasteiger charge is 2.15. The third kappa shape index (κ3) is 2.73. The average molecular weight is 318 g/mol. The molecule has 0 aliphatic carbocycles. The number of nitro groups is 1. The molecule has 2 aromatic carbocycles. The average Bonchev–Trinajstić information content (AvgIpc) is 2.93. The Balaban J connectivity index is 1.88. The van der Waals surface area contributed by atoms with Gasteiger partial charge in [0, 0.05) is 30.7 Å². The number of hydrogen-bond donors (Lipinski definition) is 0. The molecule has 1 heterocycles. The van der Waals surface area contributed by atoms with Crippen molar-refractivity contribution in [3.63, 3.8) is 0 Å². The summed E-state index contributed by atoms with van der Waals surface area (Å²) >= 11 is 6.11. The molecule has 0 saturated heterocycles. The van der Waals surface area contributed by atoms with Crippen LogP contribution in [0.15, 0.2) is 46.9 Å². The molecule has 0 atom stereocenters. The van der Waals surface area contributed by atoms with Crippen molar-refractivity contribution in [2.24, 2.45) is 0 Å². The van der Waals surface area contributed by atoms with E-state index >= 15 is 0 Å². The molecule has 0 amide bonds. The van der Waals surface area contributed by atoms with E-state index in [9.17, 15) is 10.1 Å². The first kappa shape index (κ1) is 14.3. The smallest absolute Gasteiger partial charge is 0.298 e. The maximum atomic E-state index is 10.9. The van der Waals surface area contributed by atoms with Crippen LogP contribution in [0, 0.1) is 10.1 Å². The molecule has 112 valence electrons. The van der Waals surface area contributed by atoms with Gasteiger partial charge < -0.3 is 9.32 Å². The fourth-order valence-corrected chi connectivity index (χ4v) is 2.32. The van der Waals surface area contributed by atoms with Gasteiger partial charge in [0.05, 0.1) is 4.92 Å². The summed E-state index contributed by atoms with van der Waals surface area (Å²) in [5, 5.41) is 11.3. The quantitative estimate of drug-likeness (QED) is 0.536. The Morgan fingerprint density at radius 2 is 2.09 bits per heavy atom. The van der Waals surface area contributed by atoms with Crippen LogP contribution in [-0.4, -0.2) is 17.0 Å². The molecule has 0 saturated carbocycles. The molecule has 6 nitrogen and oxygen atoms in total. The van der Waals surface area contributed by atoms with Gasteiger partial charge in [-0.15, -0.1) is 0 Å². The molecule has 0 N–H and O–H groups in total. The summed E-state index contributed by atoms with van der Waals surface area (Å²) in [5.41, 5.74) is 2.09. The summed E-state index contributed by atoms with van der Waals surface area (Å²) in [7, 11) is 1.79. The summed E-state index contributed by atoms with van der Waals surface area (Å²) in [6, 6.07) is 12.2. The number of nitro benzene ring substituents is 1. The second kappa shape index (κ2) is 5.65. The van der Waals surface area contributed by atoms with Crippen molar-refractivity contribution in [1.29, 1.82) is 0 Å². The van der Waals surface area contributed by atoms with E-state index in [2.05, 4.69) is 4.98 Å². The van der Waals surface area contributed by atoms with Crippen molar-refractivity contribution in [3.8, 4) is 0 Å². The van der Waals surface area contributed by atoms with E-state index in [-0.39, 0.29) is 5.69 Å². The summed E-state index contributed by atoms with van der Waals surface area (Å²) in [6.45, 7) is 0.354. The molecule has 0 spiro atoms. The van der Waals surface area contributed by atoms with E-state index in [4.69, 9.17) is 16.0 Å². The lowest BCUT2D eigenvalue weighted by Crippen LogP contribution is -2.17. The summed E-state index contributed by atoms with van der Waals surface area (Å²) in [5.74, 6) is 0. The first-order valence-corrected chi connectivity index (χ1v) is 6.92. The van der Waals surface area contributed by atoms with Crippen LogP contribution >= 0.6 is 11.6 Å². The van der Waals surface area contributed by atoms with Crippen LogP contribution in [0.1, 0.15) is 5.56 Å². The first-order chi connectivity index (χ1) is 10.5. The molecular formula is C15H12ClN3O3. The molecule has 0 aliphatic heterocycles. The highest BCUT2D eigenvalue weighted by Crippen LogP contribution is 2.26. The second-order valence-corrected chi connectivity index (χ2v) is 5.26. The lowest BCUT2D eigenvalue weighted by Gasteiger charge is -2.15. The standard InChI is InChI=1S/C15H12ClN3O3/c1-18(15-17-13-4-2-3-5-14(13)22-15)9-10-8-11(19(20)21)6-7-12(10)16/h2-8H,9H2,1H3. The van der Waals surface area contributed by atoms with E-state index in [1.54, 1.807) is 11.9 Å². The largest absolute Gasteiger partial charge is 0.423 e. The van der Waals surface area contributed by atoms with Gasteiger partial charge in [0.1, 0.15) is 5.52 Å². The third-order valence-corrected chi connectivity index (χ3v) is 3.63. The van der Waals surface area contributed by atoms with Crippen LogP contribution in [0.3, 0.4) is 0 Å². The number of halogens is 1. The van der Waals surface area contributed by atoms with Gasteiger partial charge in [-0.2, -0.15) is 4.98 Å². The number of fused-ring (bicyclic) bond motifs is 1. The fraction of sp³-hybridized carbons (Fsp3) is 0.133. The highest BCUT2D eigenvalue weighted by molar-refractivity contribution is 6.31. The zero-order valence-electron chi connectivity index (χ0n) is 11.7. The van der Waals surface area contributed by atoms with Crippen LogP contribution in [-0.2, 0) is 6.54 Å². The molecular weight excluding hydrogens is 306 g/mol. The Hall–Kier alpha value is -2.60. The summed E-state index contributed by atoms with van der Waals surface area (Å²) in [6.07, 6.45) is 0. The van der Waals surface area contributed by atoms with Gasteiger partial charge in [0.15, 0.2) is 5.58 Å². The van der Waals surface area contributed by atoms with Gasteiger partial charge in [0.2, 0.25) is 0 Å². The molecule has 0 radical (unpaired) electrons. The second-order valence-electron chi connectivity index (χ2n) is 4.85. The van der Waals surface area contributed by atoms with E-state index in [0.717, 1.165) is 5.52 Å². The molecule has 0 unspecified atom stereocenters. The molecule has 3 aromatic rings. The maximum Gasteiger partial charge on any atom is 0.298 e. The molecule has 0 aliphatic rings. The summed E-state index contributed by atoms with van der Waals surface area (Å²) < 4.78 is 5.66. The molecule has 1 aromatic heterocycles. The third-order valence-electron chi connectivity index (χ3n) is 3.26. The Bertz CT molecular complexity index is 814. The molecule has 3 rings (SSSR count). The number of hydrogen-bond acceptors (Lipinski definition) is 5. The predicted octanol–water partition coefficient (Wildman–Crippen LogP) is 4.03. The Kier molecular flexibility index (Phi) is 3.68. The number of non-ortho nitro benzene ring substituents is 1. The van der Waals surface area contributed by atoms with Gasteiger partial charge in [-0.3, -0.25) is 10.1 Å². The van der Waals surface area contributed by atoms with Crippen LogP contribution in [0.4, 0.5) is 11.7 Å². The van der Waals surface area contributed by atoms with Crippen molar-refractivity contribution in [3.05, 3.63) is 63.2 Å². The minimum atomic E-state index is -0.445. The van der Waals surface area contributed by atoms with Gasteiger partial charge in [0.25, 0.3) is 11.7 Å². The van der Waals surface area contributed by atoms with E-state index in [0.29, 0.717) is 28.7 Å². The lowest BCUT2D eigenvalue weighted by molar-refractivity contribution is -0.384. The van der Waals surface area contributed by atoms with E-state index in [1.807, 2.05) is 24.3 Å². The molecule has 22 heavy (non-hydrogen) atoms. The van der Waals surface area contributed by atoms with Crippen molar-refractivity contribution >= 4 is 34.4 Å². The predicted molar refractivity (Wildman–Crippen MR) is 84.2 cm³/mol. The monoisotopic (exact) mass is 317 g/mol. The van der Waals surface area contributed by atoms with Crippen LogP contribution < -0.4 is 4.90 Å². The molecule has 0 bridgehead atoms. The van der Waals surface area contributed by atoms with Crippen molar-refractivity contribution in [1.82, 2.24) is 4.98 Å². The number of nitrogens with zero attached hydrogens (tertiary/aromatic N) is 3. The minimum absolute atomic E-state index is 0.00497. The normalized spacial score (nSPS) is 10.8. The van der Waals surface area contributed by atoms with Crippen LogP contribution in [0.5, 0.6) is 0 Å². The Morgan fingerprint density at radius 1 is 1.32 bits per heavy atom. The fourth-order valence-electron chi connectivity index (χ4n) is 2.14. The Morgan fingerprint density at radius 3 is 2.82 bits per heavy atom. The van der Waals surface area contributed by atoms with Crippen molar-refractivity contribution < 1.29 is 9.34 Å². The van der Waals surface area contributed by atoms with Crippen molar-refractivity contribution in [2.45, 2.75) is 6.54 Å².